The molecule has 304 valence electrons. The van der Waals surface area contributed by atoms with Crippen LogP contribution in [0.15, 0.2) is 36.7 Å². The van der Waals surface area contributed by atoms with Crippen LogP contribution in [0.25, 0.3) is 0 Å². The molecule has 4 rings (SSSR count). The summed E-state index contributed by atoms with van der Waals surface area (Å²) in [5.74, 6) is -1.47. The van der Waals surface area contributed by atoms with Gasteiger partial charge < -0.3 is 39.4 Å². The highest BCUT2D eigenvalue weighted by Crippen LogP contribution is 2.33. The maximum atomic E-state index is 12.7. The van der Waals surface area contributed by atoms with Crippen molar-refractivity contribution in [3.05, 3.63) is 36.7 Å². The molecule has 2 aromatic rings. The topological polar surface area (TPSA) is 127 Å². The van der Waals surface area contributed by atoms with Crippen LogP contribution in [-0.2, 0) is 9.59 Å². The Balaban J connectivity index is 0.000000290. The van der Waals surface area contributed by atoms with E-state index in [4.69, 9.17) is 9.47 Å². The molecule has 2 aliphatic heterocycles. The maximum Gasteiger partial charge on any atom is 0.573 e. The van der Waals surface area contributed by atoms with Crippen molar-refractivity contribution in [3.8, 4) is 23.3 Å². The normalized spacial score (nSPS) is 21.6. The molecule has 0 saturated carbocycles. The van der Waals surface area contributed by atoms with Crippen molar-refractivity contribution in [1.29, 1.82) is 0 Å². The summed E-state index contributed by atoms with van der Waals surface area (Å²) in [6.07, 6.45) is -5.40. The van der Waals surface area contributed by atoms with Crippen molar-refractivity contribution < 1.29 is 54.9 Å². The zero-order chi connectivity index (χ0) is 40.5. The highest BCUT2D eigenvalue weighted by molar-refractivity contribution is 5.82. The molecule has 4 heterocycles. The number of pyridine rings is 2. The van der Waals surface area contributed by atoms with Gasteiger partial charge in [0.1, 0.15) is 13.2 Å². The number of halogens is 6. The van der Waals surface area contributed by atoms with Crippen LogP contribution in [0, 0.1) is 22.7 Å². The van der Waals surface area contributed by atoms with E-state index in [0.29, 0.717) is 11.8 Å². The van der Waals surface area contributed by atoms with Gasteiger partial charge in [0, 0.05) is 37.6 Å². The molecule has 0 spiro atoms. The summed E-state index contributed by atoms with van der Waals surface area (Å²) in [6.45, 7) is 14.2. The quantitative estimate of drug-likeness (QED) is 0.260. The van der Waals surface area contributed by atoms with Crippen molar-refractivity contribution in [2.75, 3.05) is 53.5 Å². The third kappa shape index (κ3) is 14.3. The number of piperidine rings is 2. The Morgan fingerprint density at radius 3 is 1.37 bits per heavy atom. The van der Waals surface area contributed by atoms with Crippen LogP contribution in [0.2, 0.25) is 0 Å². The molecular weight excluding hydrogens is 726 g/mol. The van der Waals surface area contributed by atoms with Crippen LogP contribution in [0.4, 0.5) is 26.3 Å². The summed E-state index contributed by atoms with van der Waals surface area (Å²) in [4.78, 5) is 37.3. The molecule has 2 fully saturated rings. The number of aromatic nitrogens is 2. The van der Waals surface area contributed by atoms with Gasteiger partial charge in [-0.3, -0.25) is 9.59 Å². The van der Waals surface area contributed by atoms with E-state index in [0.717, 1.165) is 51.2 Å². The average molecular weight is 779 g/mol. The van der Waals surface area contributed by atoms with Crippen LogP contribution in [0.1, 0.15) is 54.4 Å². The van der Waals surface area contributed by atoms with Crippen molar-refractivity contribution in [1.82, 2.24) is 30.4 Å². The minimum atomic E-state index is -4.85. The minimum absolute atomic E-state index is 0.0620. The molecule has 0 aromatic carbocycles. The molecule has 2 amide bonds. The van der Waals surface area contributed by atoms with Gasteiger partial charge in [-0.05, 0) is 104 Å². The second-order valence-electron chi connectivity index (χ2n) is 15.3. The Kier molecular flexibility index (Phi) is 15.2. The first-order valence-electron chi connectivity index (χ1n) is 17.6. The number of carbonyl (C=O) groups excluding carboxylic acids is 2. The molecule has 0 unspecified atom stereocenters. The standard InChI is InChI=1S/2C18H26F3N3O3/c2*1-12-10-24(4)9-7-13(12)23-16(25)17(2,3)11-26-15-14(6-5-8-22-15)27-18(19,20)21/h2*5-6,8,12-13H,7,9-11H2,1-4H3,(H,23,25)/t2*12-,13-/m10/s1. The molecule has 2 aliphatic rings. The Bertz CT molecular complexity index is 1420. The molecule has 2 saturated heterocycles. The molecule has 0 radical (unpaired) electrons. The number of amides is 2. The highest BCUT2D eigenvalue weighted by Gasteiger charge is 2.37. The summed E-state index contributed by atoms with van der Waals surface area (Å²) in [7, 11) is 4.08. The van der Waals surface area contributed by atoms with Gasteiger partial charge in [0.05, 0.1) is 10.8 Å². The lowest BCUT2D eigenvalue weighted by molar-refractivity contribution is -0.276. The first-order chi connectivity index (χ1) is 25.0. The largest absolute Gasteiger partial charge is 0.573 e. The van der Waals surface area contributed by atoms with Crippen molar-refractivity contribution in [3.63, 3.8) is 0 Å². The van der Waals surface area contributed by atoms with E-state index in [9.17, 15) is 35.9 Å². The highest BCUT2D eigenvalue weighted by atomic mass is 19.4. The SMILES string of the molecule is C[C@@H]1CN(C)CC[C@H]1NC(=O)C(C)(C)COc1ncccc1OC(F)(F)F.C[C@H]1CN(C)CC[C@@H]1NC(=O)C(C)(C)COc1ncccc1OC(F)(F)F. The van der Waals surface area contributed by atoms with Crippen LogP contribution >= 0.6 is 0 Å². The predicted octanol–water partition coefficient (Wildman–Crippen LogP) is 5.68. The van der Waals surface area contributed by atoms with Gasteiger partial charge in [-0.2, -0.15) is 0 Å². The van der Waals surface area contributed by atoms with Crippen LogP contribution in [0.3, 0.4) is 0 Å². The fraction of sp³-hybridized carbons (Fsp3) is 0.667. The summed E-state index contributed by atoms with van der Waals surface area (Å²) in [5, 5.41) is 6.08. The average Bonchev–Trinajstić information content (AvgIpc) is 3.05. The monoisotopic (exact) mass is 778 g/mol. The number of hydrogen-bond acceptors (Lipinski definition) is 10. The zero-order valence-corrected chi connectivity index (χ0v) is 31.9. The van der Waals surface area contributed by atoms with E-state index >= 15 is 0 Å². The molecule has 4 atom stereocenters. The molecule has 12 nitrogen and oxygen atoms in total. The molecule has 18 heteroatoms. The van der Waals surface area contributed by atoms with E-state index < -0.39 is 35.1 Å². The smallest absolute Gasteiger partial charge is 0.474 e. The molecule has 2 N–H and O–H groups in total. The van der Waals surface area contributed by atoms with Crippen molar-refractivity contribution in [2.24, 2.45) is 22.7 Å². The van der Waals surface area contributed by atoms with Crippen LogP contribution in [-0.4, -0.2) is 110 Å². The van der Waals surface area contributed by atoms with E-state index in [1.807, 2.05) is 14.1 Å². The minimum Gasteiger partial charge on any atom is -0.474 e. The van der Waals surface area contributed by atoms with E-state index in [-0.39, 0.29) is 48.9 Å². The lowest BCUT2D eigenvalue weighted by Gasteiger charge is -2.37. The van der Waals surface area contributed by atoms with E-state index in [1.165, 1.54) is 24.5 Å². The molecular formula is C36H52F6N6O6. The number of carbonyl (C=O) groups is 2. The lowest BCUT2D eigenvalue weighted by Crippen LogP contribution is -2.52. The second-order valence-corrected chi connectivity index (χ2v) is 15.3. The number of rotatable bonds is 12. The second kappa shape index (κ2) is 18.5. The Morgan fingerprint density at radius 1 is 0.704 bits per heavy atom. The fourth-order valence-corrected chi connectivity index (χ4v) is 5.87. The first-order valence-corrected chi connectivity index (χ1v) is 17.6. The van der Waals surface area contributed by atoms with Gasteiger partial charge in [0.15, 0.2) is 11.5 Å². The number of nitrogens with one attached hydrogen (secondary N) is 2. The number of ether oxygens (including phenoxy) is 4. The summed E-state index contributed by atoms with van der Waals surface area (Å²) < 4.78 is 93.5. The van der Waals surface area contributed by atoms with Gasteiger partial charge in [-0.15, -0.1) is 26.3 Å². The predicted molar refractivity (Wildman–Crippen MR) is 187 cm³/mol. The Labute approximate surface area is 312 Å². The third-order valence-electron chi connectivity index (χ3n) is 9.14. The number of alkyl halides is 6. The van der Waals surface area contributed by atoms with Gasteiger partial charge >= 0.3 is 12.7 Å². The van der Waals surface area contributed by atoms with Gasteiger partial charge in [0.25, 0.3) is 11.8 Å². The molecule has 0 bridgehead atoms. The zero-order valence-electron chi connectivity index (χ0n) is 31.9. The van der Waals surface area contributed by atoms with Crippen LogP contribution < -0.4 is 29.6 Å². The summed E-state index contributed by atoms with van der Waals surface area (Å²) >= 11 is 0. The molecule has 54 heavy (non-hydrogen) atoms. The van der Waals surface area contributed by atoms with Gasteiger partial charge in [-0.25, -0.2) is 9.97 Å². The third-order valence-corrected chi connectivity index (χ3v) is 9.14. The number of likely N-dealkylation sites (tertiary alicyclic amines) is 2. The van der Waals surface area contributed by atoms with E-state index in [1.54, 1.807) is 27.7 Å². The van der Waals surface area contributed by atoms with Gasteiger partial charge in [-0.1, -0.05) is 13.8 Å². The Hall–Kier alpha value is -4.06. The summed E-state index contributed by atoms with van der Waals surface area (Å²) in [6, 6.07) is 4.98. The van der Waals surface area contributed by atoms with Crippen molar-refractivity contribution >= 4 is 11.8 Å². The van der Waals surface area contributed by atoms with Crippen LogP contribution in [0.5, 0.6) is 23.3 Å². The first kappa shape index (κ1) is 44.3. The number of hydrogen-bond donors (Lipinski definition) is 2. The lowest BCUT2D eigenvalue weighted by atomic mass is 9.89. The van der Waals surface area contributed by atoms with Gasteiger partial charge in [0.2, 0.25) is 11.8 Å². The molecule has 0 aliphatic carbocycles. The number of nitrogens with zero attached hydrogens (tertiary/aromatic N) is 4. The molecule has 2 aromatic heterocycles. The Morgan fingerprint density at radius 2 is 1.06 bits per heavy atom. The summed E-state index contributed by atoms with van der Waals surface area (Å²) in [5.41, 5.74) is -1.90. The van der Waals surface area contributed by atoms with E-state index in [2.05, 4.69) is 53.7 Å². The fourth-order valence-electron chi connectivity index (χ4n) is 5.87. The van der Waals surface area contributed by atoms with Crippen molar-refractivity contribution in [2.45, 2.75) is 79.2 Å². The maximum absolute atomic E-state index is 12.7.